The zero-order valence-corrected chi connectivity index (χ0v) is 11.2. The Hall–Kier alpha value is -1.34. The predicted molar refractivity (Wildman–Crippen MR) is 69.4 cm³/mol. The number of hydrogen-bond acceptors (Lipinski definition) is 2. The summed E-state index contributed by atoms with van der Waals surface area (Å²) in [6, 6.07) is 7.81. The molecule has 1 amide bonds. The number of hydrogen-bond donors (Lipinski definition) is 1. The average Bonchev–Trinajstić information content (AvgIpc) is 2.21. The van der Waals surface area contributed by atoms with E-state index in [4.69, 9.17) is 5.26 Å². The van der Waals surface area contributed by atoms with Gasteiger partial charge >= 0.3 is 0 Å². The molecule has 0 radical (unpaired) electrons. The maximum atomic E-state index is 12.0. The number of amides is 1. The summed E-state index contributed by atoms with van der Waals surface area (Å²) in [5.41, 5.74) is 0.972. The minimum absolute atomic E-state index is 0.170. The molecule has 1 fully saturated rings. The van der Waals surface area contributed by atoms with Gasteiger partial charge in [0, 0.05) is 10.2 Å². The van der Waals surface area contributed by atoms with Gasteiger partial charge in [-0.1, -0.05) is 15.9 Å². The second kappa shape index (κ2) is 4.50. The van der Waals surface area contributed by atoms with E-state index < -0.39 is 5.41 Å². The van der Waals surface area contributed by atoms with Crippen LogP contribution in [-0.4, -0.2) is 5.91 Å². The van der Waals surface area contributed by atoms with E-state index >= 15 is 0 Å². The number of benzene rings is 1. The first-order valence-electron chi connectivity index (χ1n) is 5.56. The number of halogens is 1. The molecule has 2 rings (SSSR count). The van der Waals surface area contributed by atoms with Gasteiger partial charge in [-0.15, -0.1) is 0 Å². The monoisotopic (exact) mass is 292 g/mol. The summed E-state index contributed by atoms with van der Waals surface area (Å²) in [6.45, 7) is 1.93. The maximum Gasteiger partial charge on any atom is 0.244 e. The summed E-state index contributed by atoms with van der Waals surface area (Å²) in [5.74, 6) is -0.170. The Labute approximate surface area is 109 Å². The van der Waals surface area contributed by atoms with E-state index in [0.717, 1.165) is 22.1 Å². The van der Waals surface area contributed by atoms with Gasteiger partial charge in [0.1, 0.15) is 5.41 Å². The van der Waals surface area contributed by atoms with Crippen LogP contribution in [0.25, 0.3) is 0 Å². The van der Waals surface area contributed by atoms with Crippen molar-refractivity contribution >= 4 is 27.5 Å². The number of aryl methyl sites for hydroxylation is 1. The van der Waals surface area contributed by atoms with Crippen LogP contribution in [0.5, 0.6) is 0 Å². The van der Waals surface area contributed by atoms with E-state index in [2.05, 4.69) is 27.3 Å². The molecule has 1 aromatic rings. The fourth-order valence-corrected chi connectivity index (χ4v) is 2.40. The molecular weight excluding hydrogens is 280 g/mol. The predicted octanol–water partition coefficient (Wildman–Crippen LogP) is 3.39. The zero-order chi connectivity index (χ0) is 12.5. The largest absolute Gasteiger partial charge is 0.324 e. The van der Waals surface area contributed by atoms with Crippen LogP contribution >= 0.6 is 15.9 Å². The molecule has 1 aromatic carbocycles. The highest BCUT2D eigenvalue weighted by Crippen LogP contribution is 2.41. The lowest BCUT2D eigenvalue weighted by Crippen LogP contribution is -2.40. The third-order valence-corrected chi connectivity index (χ3v) is 3.79. The summed E-state index contributed by atoms with van der Waals surface area (Å²) < 4.78 is 0.978. The minimum atomic E-state index is -0.792. The zero-order valence-electron chi connectivity index (χ0n) is 9.59. The fourth-order valence-electron chi connectivity index (χ4n) is 1.93. The number of carbonyl (C=O) groups is 1. The Morgan fingerprint density at radius 1 is 1.53 bits per heavy atom. The van der Waals surface area contributed by atoms with Gasteiger partial charge < -0.3 is 5.32 Å². The molecule has 0 unspecified atom stereocenters. The summed E-state index contributed by atoms with van der Waals surface area (Å²) >= 11 is 3.38. The number of carbonyl (C=O) groups excluding carboxylic acids is 1. The molecule has 1 saturated carbocycles. The van der Waals surface area contributed by atoms with E-state index in [0.29, 0.717) is 12.8 Å². The standard InChI is InChI=1S/C13H13BrN2O/c1-9-7-10(14)3-4-11(9)16-12(17)13(8-15)5-2-6-13/h3-4,7H,2,5-6H2,1H3,(H,16,17). The van der Waals surface area contributed by atoms with Crippen LogP contribution in [0.3, 0.4) is 0 Å². The van der Waals surface area contributed by atoms with E-state index in [1.54, 1.807) is 0 Å². The van der Waals surface area contributed by atoms with Gasteiger partial charge in [-0.3, -0.25) is 4.79 Å². The molecule has 1 aliphatic rings. The van der Waals surface area contributed by atoms with Crippen molar-refractivity contribution in [1.82, 2.24) is 0 Å². The third kappa shape index (κ3) is 2.20. The number of nitrogens with zero attached hydrogens (tertiary/aromatic N) is 1. The van der Waals surface area contributed by atoms with Crippen molar-refractivity contribution in [3.8, 4) is 6.07 Å². The molecule has 17 heavy (non-hydrogen) atoms. The van der Waals surface area contributed by atoms with Crippen LogP contribution in [0.4, 0.5) is 5.69 Å². The van der Waals surface area contributed by atoms with Gasteiger partial charge in [-0.2, -0.15) is 5.26 Å². The van der Waals surface area contributed by atoms with Crippen LogP contribution in [0, 0.1) is 23.7 Å². The van der Waals surface area contributed by atoms with Crippen molar-refractivity contribution in [3.05, 3.63) is 28.2 Å². The van der Waals surface area contributed by atoms with Crippen LogP contribution in [0.1, 0.15) is 24.8 Å². The summed E-state index contributed by atoms with van der Waals surface area (Å²) in [5, 5.41) is 11.9. The molecule has 88 valence electrons. The fraction of sp³-hybridized carbons (Fsp3) is 0.385. The van der Waals surface area contributed by atoms with Gasteiger partial charge in [0.2, 0.25) is 5.91 Å². The van der Waals surface area contributed by atoms with Crippen molar-refractivity contribution in [2.45, 2.75) is 26.2 Å². The quantitative estimate of drug-likeness (QED) is 0.908. The Morgan fingerprint density at radius 2 is 2.24 bits per heavy atom. The molecular formula is C13H13BrN2O. The highest BCUT2D eigenvalue weighted by Gasteiger charge is 2.44. The topological polar surface area (TPSA) is 52.9 Å². The van der Waals surface area contributed by atoms with E-state index in [9.17, 15) is 4.79 Å². The number of rotatable bonds is 2. The number of anilines is 1. The molecule has 0 saturated heterocycles. The normalized spacial score (nSPS) is 16.8. The van der Waals surface area contributed by atoms with Gasteiger partial charge in [0.15, 0.2) is 0 Å². The summed E-state index contributed by atoms with van der Waals surface area (Å²) in [6.07, 6.45) is 2.30. The Morgan fingerprint density at radius 3 is 2.71 bits per heavy atom. The smallest absolute Gasteiger partial charge is 0.244 e. The van der Waals surface area contributed by atoms with Crippen LogP contribution in [-0.2, 0) is 4.79 Å². The molecule has 3 nitrogen and oxygen atoms in total. The number of nitriles is 1. The minimum Gasteiger partial charge on any atom is -0.324 e. The van der Waals surface area contributed by atoms with Gasteiger partial charge in [0.25, 0.3) is 0 Å². The first-order chi connectivity index (χ1) is 8.07. The number of nitrogens with one attached hydrogen (secondary N) is 1. The van der Waals surface area contributed by atoms with Gasteiger partial charge in [-0.05, 0) is 49.9 Å². The van der Waals surface area contributed by atoms with Crippen LogP contribution in [0.15, 0.2) is 22.7 Å². The maximum absolute atomic E-state index is 12.0. The van der Waals surface area contributed by atoms with Gasteiger partial charge in [-0.25, -0.2) is 0 Å². The van der Waals surface area contributed by atoms with Crippen molar-refractivity contribution in [3.63, 3.8) is 0 Å². The van der Waals surface area contributed by atoms with E-state index in [-0.39, 0.29) is 5.91 Å². The van der Waals surface area contributed by atoms with E-state index in [1.165, 1.54) is 0 Å². The van der Waals surface area contributed by atoms with Crippen LogP contribution in [0.2, 0.25) is 0 Å². The molecule has 1 aliphatic carbocycles. The lowest BCUT2D eigenvalue weighted by Gasteiger charge is -2.33. The van der Waals surface area contributed by atoms with Crippen molar-refractivity contribution in [2.24, 2.45) is 5.41 Å². The molecule has 0 aromatic heterocycles. The average molecular weight is 293 g/mol. The van der Waals surface area contributed by atoms with E-state index in [1.807, 2.05) is 25.1 Å². The summed E-state index contributed by atoms with van der Waals surface area (Å²) in [7, 11) is 0. The molecule has 0 aliphatic heterocycles. The highest BCUT2D eigenvalue weighted by atomic mass is 79.9. The van der Waals surface area contributed by atoms with Crippen molar-refractivity contribution < 1.29 is 4.79 Å². The van der Waals surface area contributed by atoms with Gasteiger partial charge in [0.05, 0.1) is 6.07 Å². The second-order valence-corrected chi connectivity index (χ2v) is 5.38. The Bertz CT molecular complexity index is 501. The SMILES string of the molecule is Cc1cc(Br)ccc1NC(=O)C1(C#N)CCC1. The first-order valence-corrected chi connectivity index (χ1v) is 6.35. The highest BCUT2D eigenvalue weighted by molar-refractivity contribution is 9.10. The summed E-state index contributed by atoms with van der Waals surface area (Å²) in [4.78, 5) is 12.0. The first kappa shape index (κ1) is 12.1. The second-order valence-electron chi connectivity index (χ2n) is 4.46. The van der Waals surface area contributed by atoms with Crippen molar-refractivity contribution in [1.29, 1.82) is 5.26 Å². The lowest BCUT2D eigenvalue weighted by molar-refractivity contribution is -0.126. The molecule has 0 atom stereocenters. The molecule has 0 bridgehead atoms. The Balaban J connectivity index is 2.16. The lowest BCUT2D eigenvalue weighted by atomic mass is 9.69. The molecule has 1 N–H and O–H groups in total. The third-order valence-electron chi connectivity index (χ3n) is 3.29. The molecule has 4 heteroatoms. The molecule has 0 spiro atoms. The Kier molecular flexibility index (Phi) is 3.21. The van der Waals surface area contributed by atoms with Crippen LogP contribution < -0.4 is 5.32 Å². The molecule has 0 heterocycles. The van der Waals surface area contributed by atoms with Crippen molar-refractivity contribution in [2.75, 3.05) is 5.32 Å².